The van der Waals surface area contributed by atoms with Gasteiger partial charge in [-0.05, 0) is 61.2 Å². The molecule has 2 aromatic carbocycles. The molecule has 3 heteroatoms. The molecule has 2 rings (SSSR count). The van der Waals surface area contributed by atoms with E-state index in [4.69, 9.17) is 0 Å². The highest BCUT2D eigenvalue weighted by Gasteiger charge is 2.15. The number of hydrogen-bond acceptors (Lipinski definition) is 1. The summed E-state index contributed by atoms with van der Waals surface area (Å²) < 4.78 is 14.6. The lowest BCUT2D eigenvalue weighted by Crippen LogP contribution is -2.23. The van der Waals surface area contributed by atoms with Crippen molar-refractivity contribution in [3.8, 4) is 0 Å². The Labute approximate surface area is 134 Å². The molecule has 2 aromatic rings. The maximum Gasteiger partial charge on any atom is 0.126 e. The van der Waals surface area contributed by atoms with Crippen LogP contribution in [0.25, 0.3) is 0 Å². The van der Waals surface area contributed by atoms with E-state index in [0.717, 1.165) is 23.0 Å². The van der Waals surface area contributed by atoms with E-state index in [-0.39, 0.29) is 11.9 Å². The zero-order valence-corrected chi connectivity index (χ0v) is 14.3. The molecule has 0 aliphatic carbocycles. The highest BCUT2D eigenvalue weighted by atomic mass is 79.9. The second kappa shape index (κ2) is 7.19. The van der Waals surface area contributed by atoms with Gasteiger partial charge in [0.1, 0.15) is 5.82 Å². The Morgan fingerprint density at radius 3 is 2.33 bits per heavy atom. The number of hydrogen-bond donors (Lipinski definition) is 1. The molecular formula is C18H21BrFN. The van der Waals surface area contributed by atoms with E-state index in [1.54, 1.807) is 13.0 Å². The summed E-state index contributed by atoms with van der Waals surface area (Å²) in [4.78, 5) is 0. The molecule has 0 saturated carbocycles. The van der Waals surface area contributed by atoms with Crippen molar-refractivity contribution in [3.63, 3.8) is 0 Å². The average Bonchev–Trinajstić information content (AvgIpc) is 2.46. The zero-order chi connectivity index (χ0) is 15.4. The van der Waals surface area contributed by atoms with Crippen molar-refractivity contribution in [1.29, 1.82) is 0 Å². The quantitative estimate of drug-likeness (QED) is 0.772. The molecule has 1 nitrogen and oxygen atoms in total. The number of benzene rings is 2. The molecule has 0 spiro atoms. The van der Waals surface area contributed by atoms with Gasteiger partial charge in [0, 0.05) is 4.47 Å². The second-order valence-corrected chi connectivity index (χ2v) is 6.26. The Hall–Kier alpha value is -1.19. The Morgan fingerprint density at radius 1 is 1.05 bits per heavy atom. The minimum Gasteiger partial charge on any atom is -0.306 e. The SMILES string of the molecule is CCCNC(c1ccc(F)c(C)c1)c1ccc(C)c(Br)c1. The van der Waals surface area contributed by atoms with Crippen molar-refractivity contribution in [2.75, 3.05) is 6.54 Å². The fourth-order valence-electron chi connectivity index (χ4n) is 2.35. The summed E-state index contributed by atoms with van der Waals surface area (Å²) in [7, 11) is 0. The lowest BCUT2D eigenvalue weighted by Gasteiger charge is -2.21. The summed E-state index contributed by atoms with van der Waals surface area (Å²) in [6.07, 6.45) is 1.06. The monoisotopic (exact) mass is 349 g/mol. The van der Waals surface area contributed by atoms with Gasteiger partial charge in [0.15, 0.2) is 0 Å². The Balaban J connectivity index is 2.41. The van der Waals surface area contributed by atoms with E-state index >= 15 is 0 Å². The molecule has 0 bridgehead atoms. The van der Waals surface area contributed by atoms with Crippen LogP contribution in [0.4, 0.5) is 4.39 Å². The first kappa shape index (κ1) is 16.2. The average molecular weight is 350 g/mol. The largest absolute Gasteiger partial charge is 0.306 e. The van der Waals surface area contributed by atoms with Crippen LogP contribution in [-0.4, -0.2) is 6.54 Å². The molecule has 1 atom stereocenters. The molecular weight excluding hydrogens is 329 g/mol. The molecule has 0 radical (unpaired) electrons. The molecule has 112 valence electrons. The Kier molecular flexibility index (Phi) is 5.54. The van der Waals surface area contributed by atoms with E-state index in [1.165, 1.54) is 11.1 Å². The van der Waals surface area contributed by atoms with Gasteiger partial charge in [-0.2, -0.15) is 0 Å². The Morgan fingerprint density at radius 2 is 1.71 bits per heavy atom. The lowest BCUT2D eigenvalue weighted by molar-refractivity contribution is 0.590. The van der Waals surface area contributed by atoms with Crippen LogP contribution in [0.5, 0.6) is 0 Å². The predicted molar refractivity (Wildman–Crippen MR) is 90.2 cm³/mol. The summed E-state index contributed by atoms with van der Waals surface area (Å²) in [5, 5.41) is 3.55. The van der Waals surface area contributed by atoms with Crippen LogP contribution in [0, 0.1) is 19.7 Å². The van der Waals surface area contributed by atoms with Gasteiger partial charge in [-0.25, -0.2) is 4.39 Å². The summed E-state index contributed by atoms with van der Waals surface area (Å²) in [6.45, 7) is 6.95. The maximum atomic E-state index is 13.5. The van der Waals surface area contributed by atoms with Crippen LogP contribution in [0.3, 0.4) is 0 Å². The number of nitrogens with one attached hydrogen (secondary N) is 1. The third kappa shape index (κ3) is 3.92. The highest BCUT2D eigenvalue weighted by Crippen LogP contribution is 2.27. The van der Waals surface area contributed by atoms with Gasteiger partial charge in [0.2, 0.25) is 0 Å². The van der Waals surface area contributed by atoms with E-state index in [2.05, 4.69) is 53.3 Å². The predicted octanol–water partition coefficient (Wildman–Crippen LogP) is 5.29. The first-order valence-corrected chi connectivity index (χ1v) is 8.07. The maximum absolute atomic E-state index is 13.5. The number of halogens is 2. The van der Waals surface area contributed by atoms with Crippen LogP contribution in [0.1, 0.15) is 41.6 Å². The van der Waals surface area contributed by atoms with Crippen LogP contribution in [0.2, 0.25) is 0 Å². The van der Waals surface area contributed by atoms with Gasteiger partial charge in [-0.1, -0.05) is 47.1 Å². The molecule has 0 aromatic heterocycles. The standard InChI is InChI=1S/C18H21BrFN/c1-4-9-21-18(14-7-8-17(20)13(3)10-14)15-6-5-12(2)16(19)11-15/h5-8,10-11,18,21H,4,9H2,1-3H3. The number of aryl methyl sites for hydroxylation is 2. The van der Waals surface area contributed by atoms with E-state index in [9.17, 15) is 4.39 Å². The second-order valence-electron chi connectivity index (χ2n) is 5.40. The molecule has 0 saturated heterocycles. The molecule has 1 N–H and O–H groups in total. The lowest BCUT2D eigenvalue weighted by atomic mass is 9.96. The topological polar surface area (TPSA) is 12.0 Å². The fourth-order valence-corrected chi connectivity index (χ4v) is 2.75. The first-order valence-electron chi connectivity index (χ1n) is 7.28. The summed E-state index contributed by atoms with van der Waals surface area (Å²) in [6, 6.07) is 11.8. The van der Waals surface area contributed by atoms with Gasteiger partial charge < -0.3 is 5.32 Å². The van der Waals surface area contributed by atoms with Gasteiger partial charge in [-0.3, -0.25) is 0 Å². The van der Waals surface area contributed by atoms with Gasteiger partial charge in [-0.15, -0.1) is 0 Å². The highest BCUT2D eigenvalue weighted by molar-refractivity contribution is 9.10. The van der Waals surface area contributed by atoms with Crippen molar-refractivity contribution in [3.05, 3.63) is 68.9 Å². The zero-order valence-electron chi connectivity index (χ0n) is 12.7. The van der Waals surface area contributed by atoms with Crippen molar-refractivity contribution < 1.29 is 4.39 Å². The van der Waals surface area contributed by atoms with Crippen molar-refractivity contribution in [2.24, 2.45) is 0 Å². The van der Waals surface area contributed by atoms with Gasteiger partial charge in [0.05, 0.1) is 6.04 Å². The third-order valence-electron chi connectivity index (χ3n) is 3.64. The minimum atomic E-state index is -0.155. The van der Waals surface area contributed by atoms with Crippen molar-refractivity contribution in [1.82, 2.24) is 5.32 Å². The molecule has 0 heterocycles. The molecule has 0 amide bonds. The van der Waals surface area contributed by atoms with Gasteiger partial charge in [0.25, 0.3) is 0 Å². The fraction of sp³-hybridized carbons (Fsp3) is 0.333. The van der Waals surface area contributed by atoms with Crippen LogP contribution < -0.4 is 5.32 Å². The normalized spacial score (nSPS) is 12.4. The first-order chi connectivity index (χ1) is 10.0. The van der Waals surface area contributed by atoms with Crippen molar-refractivity contribution in [2.45, 2.75) is 33.2 Å². The summed E-state index contributed by atoms with van der Waals surface area (Å²) >= 11 is 3.59. The third-order valence-corrected chi connectivity index (χ3v) is 4.50. The van der Waals surface area contributed by atoms with Crippen LogP contribution in [-0.2, 0) is 0 Å². The molecule has 21 heavy (non-hydrogen) atoms. The van der Waals surface area contributed by atoms with Crippen molar-refractivity contribution >= 4 is 15.9 Å². The Bertz CT molecular complexity index is 573. The van der Waals surface area contributed by atoms with Crippen LogP contribution in [0.15, 0.2) is 40.9 Å². The molecule has 0 fully saturated rings. The molecule has 0 aliphatic rings. The molecule has 0 aliphatic heterocycles. The molecule has 1 unspecified atom stereocenters. The minimum absolute atomic E-state index is 0.0844. The number of rotatable bonds is 5. The summed E-state index contributed by atoms with van der Waals surface area (Å²) in [5.41, 5.74) is 4.18. The van der Waals surface area contributed by atoms with Crippen LogP contribution >= 0.6 is 15.9 Å². The smallest absolute Gasteiger partial charge is 0.126 e. The van der Waals surface area contributed by atoms with E-state index in [1.807, 2.05) is 12.1 Å². The van der Waals surface area contributed by atoms with E-state index in [0.29, 0.717) is 5.56 Å². The summed E-state index contributed by atoms with van der Waals surface area (Å²) in [5.74, 6) is -0.155. The van der Waals surface area contributed by atoms with Gasteiger partial charge >= 0.3 is 0 Å². The van der Waals surface area contributed by atoms with E-state index < -0.39 is 0 Å².